The molecule has 0 fully saturated rings. The minimum atomic E-state index is 1.30. The van der Waals surface area contributed by atoms with Crippen LogP contribution in [0.2, 0.25) is 0 Å². The number of hydrogen-bond acceptors (Lipinski definition) is 0. The Morgan fingerprint density at radius 2 is 0.727 bits per heavy atom. The number of rotatable bonds is 2. The predicted octanol–water partition coefficient (Wildman–Crippen LogP) is 9.24. The second-order valence-electron chi connectivity index (χ2n) is 3.88. The first-order valence-corrected chi connectivity index (χ1v) is 12.4. The summed E-state index contributed by atoms with van der Waals surface area (Å²) in [7, 11) is 0. The molecule has 2 aromatic rings. The van der Waals surface area contributed by atoms with Crippen molar-refractivity contribution in [2.24, 2.45) is 0 Å². The summed E-state index contributed by atoms with van der Waals surface area (Å²) in [5.41, 5.74) is 2.60. The molecule has 0 bridgehead atoms. The van der Waals surface area contributed by atoms with E-state index in [2.05, 4.69) is 184 Å². The molecule has 0 aliphatic rings. The van der Waals surface area contributed by atoms with Gasteiger partial charge in [-0.15, -0.1) is 0 Å². The first-order valence-electron chi connectivity index (χ1n) is 5.96. The van der Waals surface area contributed by atoms with E-state index in [1.54, 1.807) is 0 Å². The Labute approximate surface area is 213 Å². The van der Waals surface area contributed by atoms with Gasteiger partial charge in [0.2, 0.25) is 0 Å². The Hall–Kier alpha value is 2.30. The summed E-state index contributed by atoms with van der Waals surface area (Å²) in [6.07, 6.45) is 0. The number of hydrogen-bond donors (Lipinski definition) is 0. The van der Waals surface area contributed by atoms with E-state index in [0.717, 1.165) is 0 Å². The highest BCUT2D eigenvalue weighted by atomic mass is 127. The van der Waals surface area contributed by atoms with Gasteiger partial charge in [0.1, 0.15) is 0 Å². The Morgan fingerprint density at radius 1 is 0.455 bits per heavy atom. The van der Waals surface area contributed by atoms with Gasteiger partial charge in [-0.1, -0.05) is 60.7 Å². The Balaban J connectivity index is 0.000000220. The lowest BCUT2D eigenvalue weighted by molar-refractivity contribution is 1.66. The van der Waals surface area contributed by atoms with Crippen molar-refractivity contribution in [2.75, 3.05) is 0 Å². The Kier molecular flexibility index (Phi) is 12.8. The fourth-order valence-corrected chi connectivity index (χ4v) is 3.35. The Bertz CT molecular complexity index is 579. The van der Waals surface area contributed by atoms with Crippen LogP contribution in [0.3, 0.4) is 0 Å². The minimum absolute atomic E-state index is 1.30. The smallest absolute Gasteiger partial charge is 0.0622 e. The third-order valence-electron chi connectivity index (χ3n) is 2.39. The van der Waals surface area contributed by atoms with Gasteiger partial charge in [-0.2, -0.15) is 0 Å². The highest BCUT2D eigenvalue weighted by Gasteiger charge is 1.99. The van der Waals surface area contributed by atoms with Crippen molar-refractivity contribution in [3.05, 3.63) is 75.0 Å². The van der Waals surface area contributed by atoms with Crippen LogP contribution in [-0.4, -0.2) is 0 Å². The van der Waals surface area contributed by atoms with Gasteiger partial charge >= 0.3 is 0 Å². The van der Waals surface area contributed by atoms with Gasteiger partial charge in [-0.05, 0) is 147 Å². The van der Waals surface area contributed by atoms with Gasteiger partial charge in [0, 0.05) is 7.16 Å². The van der Waals surface area contributed by atoms with Crippen molar-refractivity contribution in [1.82, 2.24) is 0 Å². The second-order valence-corrected chi connectivity index (χ2v) is 14.5. The Morgan fingerprint density at radius 3 is 0.955 bits per heavy atom. The SMILES string of the molecule is IC(I)=C(I)c1ccccc1.IC(I)=C(I)c1ccccc1. The monoisotopic (exact) mass is 964 g/mol. The van der Waals surface area contributed by atoms with E-state index in [4.69, 9.17) is 0 Å². The molecular formula is C16H10I6. The van der Waals surface area contributed by atoms with Crippen LogP contribution in [0.15, 0.2) is 63.8 Å². The average Bonchev–Trinajstić information content (AvgIpc) is 2.55. The van der Waals surface area contributed by atoms with Gasteiger partial charge in [-0.3, -0.25) is 0 Å². The third kappa shape index (κ3) is 8.60. The molecule has 0 radical (unpaired) electrons. The molecule has 0 nitrogen and oxygen atoms in total. The molecular weight excluding hydrogens is 954 g/mol. The van der Waals surface area contributed by atoms with E-state index >= 15 is 0 Å². The molecule has 0 N–H and O–H groups in total. The zero-order valence-corrected chi connectivity index (χ0v) is 24.0. The molecule has 0 unspecified atom stereocenters. The zero-order chi connectivity index (χ0) is 16.5. The molecule has 0 aromatic heterocycles. The van der Waals surface area contributed by atoms with Crippen LogP contribution in [-0.2, 0) is 0 Å². The molecule has 2 aromatic carbocycles. The van der Waals surface area contributed by atoms with Gasteiger partial charge in [-0.25, -0.2) is 0 Å². The highest BCUT2D eigenvalue weighted by molar-refractivity contribution is 14.2. The largest absolute Gasteiger partial charge is 0.0653 e. The summed E-state index contributed by atoms with van der Waals surface area (Å²) in [5, 5.41) is 0. The van der Waals surface area contributed by atoms with Crippen molar-refractivity contribution >= 4 is 143 Å². The van der Waals surface area contributed by atoms with Crippen LogP contribution in [0.4, 0.5) is 0 Å². The van der Waals surface area contributed by atoms with Crippen LogP contribution in [0.5, 0.6) is 0 Å². The summed E-state index contributed by atoms with van der Waals surface area (Å²) in [6, 6.07) is 20.8. The lowest BCUT2D eigenvalue weighted by Crippen LogP contribution is -1.73. The highest BCUT2D eigenvalue weighted by Crippen LogP contribution is 2.33. The van der Waals surface area contributed by atoms with E-state index in [0.29, 0.717) is 0 Å². The molecule has 0 aliphatic carbocycles. The van der Waals surface area contributed by atoms with Gasteiger partial charge in [0.25, 0.3) is 0 Å². The van der Waals surface area contributed by atoms with Crippen LogP contribution in [0.25, 0.3) is 7.16 Å². The molecule has 6 heteroatoms. The van der Waals surface area contributed by atoms with Crippen LogP contribution in [0.1, 0.15) is 11.1 Å². The normalized spacial score (nSPS) is 9.36. The lowest BCUT2D eigenvalue weighted by atomic mass is 10.2. The van der Waals surface area contributed by atoms with E-state index < -0.39 is 0 Å². The summed E-state index contributed by atoms with van der Waals surface area (Å²) in [5.74, 6) is 0. The van der Waals surface area contributed by atoms with Crippen LogP contribution >= 0.6 is 136 Å². The molecule has 0 aliphatic heterocycles. The molecule has 116 valence electrons. The number of halogens is 6. The van der Waals surface area contributed by atoms with E-state index in [9.17, 15) is 0 Å². The second kappa shape index (κ2) is 12.6. The fourth-order valence-electron chi connectivity index (χ4n) is 1.39. The lowest BCUT2D eigenvalue weighted by Gasteiger charge is -1.97. The summed E-state index contributed by atoms with van der Waals surface area (Å²) >= 11 is 14.0. The molecule has 0 amide bonds. The minimum Gasteiger partial charge on any atom is -0.0622 e. The van der Waals surface area contributed by atoms with Crippen molar-refractivity contribution in [3.63, 3.8) is 0 Å². The maximum atomic E-state index is 2.36. The third-order valence-corrected chi connectivity index (χ3v) is 11.0. The van der Waals surface area contributed by atoms with Crippen molar-refractivity contribution in [3.8, 4) is 0 Å². The first-order chi connectivity index (χ1) is 10.4. The summed E-state index contributed by atoms with van der Waals surface area (Å²) in [6.45, 7) is 0. The van der Waals surface area contributed by atoms with Crippen molar-refractivity contribution in [2.45, 2.75) is 0 Å². The molecule has 0 spiro atoms. The van der Waals surface area contributed by atoms with Crippen LogP contribution < -0.4 is 0 Å². The maximum absolute atomic E-state index is 2.36. The number of benzene rings is 2. The molecule has 0 heterocycles. The topological polar surface area (TPSA) is 0 Å². The van der Waals surface area contributed by atoms with E-state index in [1.165, 1.54) is 21.5 Å². The van der Waals surface area contributed by atoms with Gasteiger partial charge in [0.05, 0.1) is 3.17 Å². The van der Waals surface area contributed by atoms with Crippen molar-refractivity contribution in [1.29, 1.82) is 0 Å². The average molecular weight is 964 g/mol. The first kappa shape index (κ1) is 22.3. The predicted molar refractivity (Wildman–Crippen MR) is 151 cm³/mol. The van der Waals surface area contributed by atoms with E-state index in [1.807, 2.05) is 12.1 Å². The van der Waals surface area contributed by atoms with E-state index in [-0.39, 0.29) is 0 Å². The van der Waals surface area contributed by atoms with Gasteiger partial charge < -0.3 is 0 Å². The molecule has 0 atom stereocenters. The molecule has 2 rings (SSSR count). The molecule has 0 saturated heterocycles. The fraction of sp³-hybridized carbons (Fsp3) is 0. The zero-order valence-electron chi connectivity index (χ0n) is 11.0. The van der Waals surface area contributed by atoms with Crippen molar-refractivity contribution < 1.29 is 0 Å². The quantitative estimate of drug-likeness (QED) is 0.264. The molecule has 22 heavy (non-hydrogen) atoms. The summed E-state index contributed by atoms with van der Waals surface area (Å²) in [4.78, 5) is 0. The van der Waals surface area contributed by atoms with Gasteiger partial charge in [0.15, 0.2) is 0 Å². The molecule has 0 saturated carbocycles. The summed E-state index contributed by atoms with van der Waals surface area (Å²) < 4.78 is 5.27. The standard InChI is InChI=1S/2C8H5I3/c2*9-7(8(10)11)6-4-2-1-3-5-6/h2*1-5H. The maximum Gasteiger partial charge on any atom is 0.0653 e. The van der Waals surface area contributed by atoms with Crippen LogP contribution in [0, 0.1) is 0 Å².